The zero-order valence-corrected chi connectivity index (χ0v) is 13.0. The molecule has 0 aliphatic heterocycles. The Kier molecular flexibility index (Phi) is 4.88. The van der Waals surface area contributed by atoms with Crippen LogP contribution in [0.5, 0.6) is 0 Å². The molecule has 1 rings (SSSR count). The van der Waals surface area contributed by atoms with E-state index in [9.17, 15) is 4.79 Å². The van der Waals surface area contributed by atoms with E-state index in [0.717, 1.165) is 12.1 Å². The van der Waals surface area contributed by atoms with E-state index in [2.05, 4.69) is 39.9 Å². The Bertz CT molecular complexity index is 367. The summed E-state index contributed by atoms with van der Waals surface area (Å²) >= 11 is 0. The standard InChI is InChI=1S/C15H28N2O2/c1-9(2)10-7-11(15(3,4)5)12(16)8-13(10)17-14(18)19-6/h9-10,13H,7-8,16H2,1-6H3,(H,17,18). The number of nitrogens with one attached hydrogen (secondary N) is 1. The Morgan fingerprint density at radius 3 is 2.37 bits per heavy atom. The molecular weight excluding hydrogens is 240 g/mol. The van der Waals surface area contributed by atoms with E-state index in [4.69, 9.17) is 10.5 Å². The second kappa shape index (κ2) is 5.85. The number of carbonyl (C=O) groups excluding carboxylic acids is 1. The molecule has 0 saturated heterocycles. The molecule has 0 fully saturated rings. The average Bonchev–Trinajstić information content (AvgIpc) is 2.26. The minimum atomic E-state index is -0.373. The number of methoxy groups -OCH3 is 1. The Balaban J connectivity index is 2.97. The molecule has 0 aromatic heterocycles. The van der Waals surface area contributed by atoms with E-state index in [0.29, 0.717) is 18.3 Å². The Labute approximate surface area is 116 Å². The Morgan fingerprint density at radius 2 is 1.95 bits per heavy atom. The van der Waals surface area contributed by atoms with Crippen LogP contribution in [0.1, 0.15) is 47.5 Å². The van der Waals surface area contributed by atoms with Crippen molar-refractivity contribution in [3.05, 3.63) is 11.3 Å². The van der Waals surface area contributed by atoms with Gasteiger partial charge in [0.1, 0.15) is 0 Å². The highest BCUT2D eigenvalue weighted by molar-refractivity contribution is 5.67. The van der Waals surface area contributed by atoms with Gasteiger partial charge in [-0.15, -0.1) is 0 Å². The van der Waals surface area contributed by atoms with Gasteiger partial charge in [-0.05, 0) is 29.2 Å². The molecule has 0 heterocycles. The van der Waals surface area contributed by atoms with Crippen LogP contribution >= 0.6 is 0 Å². The first-order valence-corrected chi connectivity index (χ1v) is 6.99. The van der Waals surface area contributed by atoms with E-state index in [-0.39, 0.29) is 17.6 Å². The van der Waals surface area contributed by atoms with Crippen LogP contribution in [0.15, 0.2) is 11.3 Å². The predicted octanol–water partition coefficient (Wildman–Crippen LogP) is 3.04. The summed E-state index contributed by atoms with van der Waals surface area (Å²) in [6, 6.07) is 0.0681. The number of hydrogen-bond acceptors (Lipinski definition) is 3. The third kappa shape index (κ3) is 3.88. The fraction of sp³-hybridized carbons (Fsp3) is 0.800. The summed E-state index contributed by atoms with van der Waals surface area (Å²) in [5.74, 6) is 0.897. The highest BCUT2D eigenvalue weighted by atomic mass is 16.5. The SMILES string of the molecule is COC(=O)NC1CC(N)=C(C(C)(C)C)CC1C(C)C. The van der Waals surface area contributed by atoms with Gasteiger partial charge in [0.15, 0.2) is 0 Å². The van der Waals surface area contributed by atoms with Crippen LogP contribution in [-0.2, 0) is 4.74 Å². The molecule has 110 valence electrons. The lowest BCUT2D eigenvalue weighted by Crippen LogP contribution is -2.46. The van der Waals surface area contributed by atoms with Crippen molar-refractivity contribution in [2.45, 2.75) is 53.5 Å². The summed E-state index contributed by atoms with van der Waals surface area (Å²) in [4.78, 5) is 11.4. The van der Waals surface area contributed by atoms with Crippen molar-refractivity contribution in [2.75, 3.05) is 7.11 Å². The third-order valence-electron chi connectivity index (χ3n) is 4.03. The van der Waals surface area contributed by atoms with Gasteiger partial charge < -0.3 is 15.8 Å². The zero-order valence-electron chi connectivity index (χ0n) is 13.0. The Morgan fingerprint density at radius 1 is 1.37 bits per heavy atom. The maximum Gasteiger partial charge on any atom is 0.407 e. The van der Waals surface area contributed by atoms with Gasteiger partial charge in [-0.3, -0.25) is 0 Å². The quantitative estimate of drug-likeness (QED) is 0.809. The molecule has 19 heavy (non-hydrogen) atoms. The molecule has 4 heteroatoms. The van der Waals surface area contributed by atoms with E-state index in [1.165, 1.54) is 12.7 Å². The first kappa shape index (κ1) is 15.9. The molecule has 1 amide bonds. The van der Waals surface area contributed by atoms with Crippen LogP contribution in [0, 0.1) is 17.3 Å². The van der Waals surface area contributed by atoms with Gasteiger partial charge in [-0.25, -0.2) is 4.79 Å². The normalized spacial score (nSPS) is 24.6. The van der Waals surface area contributed by atoms with Crippen molar-refractivity contribution in [1.82, 2.24) is 5.32 Å². The van der Waals surface area contributed by atoms with Gasteiger partial charge in [-0.2, -0.15) is 0 Å². The zero-order chi connectivity index (χ0) is 14.8. The number of nitrogens with two attached hydrogens (primary N) is 1. The number of allylic oxidation sites excluding steroid dienone is 1. The third-order valence-corrected chi connectivity index (χ3v) is 4.03. The molecule has 0 spiro atoms. The molecule has 1 aliphatic carbocycles. The molecule has 2 atom stereocenters. The summed E-state index contributed by atoms with van der Waals surface area (Å²) in [7, 11) is 1.39. The molecule has 0 aromatic rings. The smallest absolute Gasteiger partial charge is 0.407 e. The number of rotatable bonds is 2. The molecule has 3 N–H and O–H groups in total. The van der Waals surface area contributed by atoms with E-state index in [1.54, 1.807) is 0 Å². The van der Waals surface area contributed by atoms with Gasteiger partial charge in [0.25, 0.3) is 0 Å². The highest BCUT2D eigenvalue weighted by Crippen LogP contribution is 2.40. The average molecular weight is 268 g/mol. The number of hydrogen-bond donors (Lipinski definition) is 2. The second-order valence-corrected chi connectivity index (χ2v) is 6.81. The topological polar surface area (TPSA) is 64.3 Å². The van der Waals surface area contributed by atoms with Crippen molar-refractivity contribution >= 4 is 6.09 Å². The van der Waals surface area contributed by atoms with Gasteiger partial charge in [0, 0.05) is 18.2 Å². The maximum atomic E-state index is 11.4. The minimum Gasteiger partial charge on any atom is -0.453 e. The second-order valence-electron chi connectivity index (χ2n) is 6.81. The van der Waals surface area contributed by atoms with E-state index in [1.807, 2.05) is 0 Å². The van der Waals surface area contributed by atoms with Crippen LogP contribution in [-0.4, -0.2) is 19.2 Å². The van der Waals surface area contributed by atoms with E-state index >= 15 is 0 Å². The molecule has 0 bridgehead atoms. The lowest BCUT2D eigenvalue weighted by molar-refractivity contribution is 0.153. The predicted molar refractivity (Wildman–Crippen MR) is 77.6 cm³/mol. The molecule has 4 nitrogen and oxygen atoms in total. The van der Waals surface area contributed by atoms with Gasteiger partial charge in [0.2, 0.25) is 0 Å². The summed E-state index contributed by atoms with van der Waals surface area (Å²) < 4.78 is 4.70. The molecular formula is C15H28N2O2. The van der Waals surface area contributed by atoms with Gasteiger partial charge >= 0.3 is 6.09 Å². The van der Waals surface area contributed by atoms with Crippen molar-refractivity contribution in [2.24, 2.45) is 23.0 Å². The van der Waals surface area contributed by atoms with Gasteiger partial charge in [0.05, 0.1) is 7.11 Å². The largest absolute Gasteiger partial charge is 0.453 e. The first-order chi connectivity index (χ1) is 8.66. The van der Waals surface area contributed by atoms with Crippen molar-refractivity contribution < 1.29 is 9.53 Å². The number of amides is 1. The highest BCUT2D eigenvalue weighted by Gasteiger charge is 2.35. The fourth-order valence-electron chi connectivity index (χ4n) is 2.88. The first-order valence-electron chi connectivity index (χ1n) is 6.99. The number of ether oxygens (including phenoxy) is 1. The molecule has 2 unspecified atom stereocenters. The van der Waals surface area contributed by atoms with Crippen LogP contribution < -0.4 is 11.1 Å². The lowest BCUT2D eigenvalue weighted by atomic mass is 9.70. The van der Waals surface area contributed by atoms with Gasteiger partial charge in [-0.1, -0.05) is 34.6 Å². The molecule has 0 radical (unpaired) electrons. The molecule has 0 aromatic carbocycles. The lowest BCUT2D eigenvalue weighted by Gasteiger charge is -2.40. The molecule has 1 aliphatic rings. The fourth-order valence-corrected chi connectivity index (χ4v) is 2.88. The Hall–Kier alpha value is -1.19. The minimum absolute atomic E-state index is 0.0681. The summed E-state index contributed by atoms with van der Waals surface area (Å²) in [5, 5.41) is 2.93. The summed E-state index contributed by atoms with van der Waals surface area (Å²) in [6.45, 7) is 11.0. The molecule has 0 saturated carbocycles. The van der Waals surface area contributed by atoms with Crippen LogP contribution in [0.3, 0.4) is 0 Å². The van der Waals surface area contributed by atoms with Crippen molar-refractivity contribution in [3.63, 3.8) is 0 Å². The summed E-state index contributed by atoms with van der Waals surface area (Å²) in [5.41, 5.74) is 8.56. The monoisotopic (exact) mass is 268 g/mol. The van der Waals surface area contributed by atoms with Crippen LogP contribution in [0.2, 0.25) is 0 Å². The van der Waals surface area contributed by atoms with E-state index < -0.39 is 0 Å². The van der Waals surface area contributed by atoms with Crippen LogP contribution in [0.4, 0.5) is 4.79 Å². The summed E-state index contributed by atoms with van der Waals surface area (Å²) in [6.07, 6.45) is 1.29. The maximum absolute atomic E-state index is 11.4. The number of alkyl carbamates (subject to hydrolysis) is 1. The van der Waals surface area contributed by atoms with Crippen molar-refractivity contribution in [1.29, 1.82) is 0 Å². The van der Waals surface area contributed by atoms with Crippen molar-refractivity contribution in [3.8, 4) is 0 Å². The van der Waals surface area contributed by atoms with Crippen LogP contribution in [0.25, 0.3) is 0 Å². The number of carbonyl (C=O) groups is 1.